The fourth-order valence-electron chi connectivity index (χ4n) is 2.42. The lowest BCUT2D eigenvalue weighted by Crippen LogP contribution is -2.12. The number of H-pyrrole nitrogens is 1. The molecule has 1 amide bonds. The molecule has 0 unspecified atom stereocenters. The zero-order valence-corrected chi connectivity index (χ0v) is 13.4. The van der Waals surface area contributed by atoms with Gasteiger partial charge in [-0.05, 0) is 35.9 Å². The average molecular weight is 339 g/mol. The Balaban J connectivity index is 1.89. The smallest absolute Gasteiger partial charge is 0.257 e. The molecular formula is C18H15ClN4O. The monoisotopic (exact) mass is 338 g/mol. The van der Waals surface area contributed by atoms with Crippen LogP contribution in [0, 0.1) is 5.41 Å². The van der Waals surface area contributed by atoms with Crippen molar-refractivity contribution in [2.45, 2.75) is 0 Å². The summed E-state index contributed by atoms with van der Waals surface area (Å²) in [5.41, 5.74) is 9.50. The molecule has 1 aromatic heterocycles. The van der Waals surface area contributed by atoms with Gasteiger partial charge in [0, 0.05) is 46.1 Å². The maximum Gasteiger partial charge on any atom is 0.257 e. The summed E-state index contributed by atoms with van der Waals surface area (Å²) in [5, 5.41) is 10.8. The molecule has 0 saturated heterocycles. The number of aromatic nitrogens is 1. The number of amides is 1. The van der Waals surface area contributed by atoms with Crippen molar-refractivity contribution in [3.63, 3.8) is 0 Å². The minimum atomic E-state index is -0.257. The zero-order chi connectivity index (χ0) is 17.1. The predicted octanol–water partition coefficient (Wildman–Crippen LogP) is 4.17. The number of carbonyl (C=O) groups excluding carboxylic acids is 1. The molecule has 0 aliphatic carbocycles. The minimum Gasteiger partial charge on any atom is -0.398 e. The number of nitrogens with one attached hydrogen (secondary N) is 3. The van der Waals surface area contributed by atoms with Crippen molar-refractivity contribution in [2.24, 2.45) is 0 Å². The van der Waals surface area contributed by atoms with E-state index in [-0.39, 0.29) is 5.91 Å². The molecule has 0 spiro atoms. The summed E-state index contributed by atoms with van der Waals surface area (Å²) in [6.45, 7) is 0. The average Bonchev–Trinajstić information content (AvgIpc) is 3.06. The molecule has 6 heteroatoms. The third-order valence-corrected chi connectivity index (χ3v) is 3.86. The van der Waals surface area contributed by atoms with Crippen LogP contribution in [0.1, 0.15) is 15.9 Å². The Hall–Kier alpha value is -3.05. The Labute approximate surface area is 144 Å². The first kappa shape index (κ1) is 15.8. The van der Waals surface area contributed by atoms with Crippen LogP contribution in [0.4, 0.5) is 11.4 Å². The second-order valence-corrected chi connectivity index (χ2v) is 5.67. The van der Waals surface area contributed by atoms with Gasteiger partial charge < -0.3 is 21.4 Å². The van der Waals surface area contributed by atoms with Crippen molar-refractivity contribution < 1.29 is 4.79 Å². The molecule has 0 atom stereocenters. The van der Waals surface area contributed by atoms with Gasteiger partial charge in [0.15, 0.2) is 0 Å². The van der Waals surface area contributed by atoms with Crippen LogP contribution in [0.3, 0.4) is 0 Å². The molecule has 3 rings (SSSR count). The maximum absolute atomic E-state index is 12.6. The molecule has 2 aromatic carbocycles. The highest BCUT2D eigenvalue weighted by Crippen LogP contribution is 2.27. The second-order valence-electron chi connectivity index (χ2n) is 5.24. The first-order valence-corrected chi connectivity index (χ1v) is 7.60. The normalized spacial score (nSPS) is 10.4. The summed E-state index contributed by atoms with van der Waals surface area (Å²) < 4.78 is 0. The molecule has 5 N–H and O–H groups in total. The molecule has 120 valence electrons. The van der Waals surface area contributed by atoms with E-state index in [1.807, 2.05) is 12.1 Å². The second kappa shape index (κ2) is 6.60. The molecule has 1 heterocycles. The van der Waals surface area contributed by atoms with Crippen molar-refractivity contribution in [1.29, 1.82) is 5.41 Å². The van der Waals surface area contributed by atoms with Crippen LogP contribution in [0.15, 0.2) is 54.9 Å². The van der Waals surface area contributed by atoms with Crippen LogP contribution < -0.4 is 11.1 Å². The summed E-state index contributed by atoms with van der Waals surface area (Å²) in [6, 6.07) is 12.3. The molecule has 24 heavy (non-hydrogen) atoms. The Kier molecular flexibility index (Phi) is 4.35. The van der Waals surface area contributed by atoms with Gasteiger partial charge in [-0.15, -0.1) is 0 Å². The topological polar surface area (TPSA) is 94.8 Å². The SMILES string of the molecule is N=Cc1cc(NC(=O)c2c[nH]cc2-c2cccc(Cl)c2)ccc1N. The highest BCUT2D eigenvalue weighted by molar-refractivity contribution is 6.30. The number of hydrogen-bond acceptors (Lipinski definition) is 3. The van der Waals surface area contributed by atoms with E-state index in [0.717, 1.165) is 17.3 Å². The Morgan fingerprint density at radius 3 is 2.79 bits per heavy atom. The summed E-state index contributed by atoms with van der Waals surface area (Å²) in [7, 11) is 0. The molecular weight excluding hydrogens is 324 g/mol. The van der Waals surface area contributed by atoms with Gasteiger partial charge in [0.05, 0.1) is 5.56 Å². The highest BCUT2D eigenvalue weighted by Gasteiger charge is 2.15. The van der Waals surface area contributed by atoms with E-state index in [1.165, 1.54) is 0 Å². The molecule has 0 aliphatic rings. The number of carbonyl (C=O) groups is 1. The quantitative estimate of drug-likeness (QED) is 0.424. The Morgan fingerprint density at radius 2 is 2.04 bits per heavy atom. The van der Waals surface area contributed by atoms with E-state index >= 15 is 0 Å². The standard InChI is InChI=1S/C18H15ClN4O/c19-13-3-1-2-11(6-13)15-9-22-10-16(15)18(24)23-14-4-5-17(21)12(7-14)8-20/h1-10,20,22H,21H2,(H,23,24). The van der Waals surface area contributed by atoms with Crippen molar-refractivity contribution >= 4 is 35.1 Å². The summed E-state index contributed by atoms with van der Waals surface area (Å²) in [6.07, 6.45) is 4.55. The van der Waals surface area contributed by atoms with Crippen LogP contribution in [0.25, 0.3) is 11.1 Å². The summed E-state index contributed by atoms with van der Waals surface area (Å²) in [4.78, 5) is 15.5. The molecule has 5 nitrogen and oxygen atoms in total. The van der Waals surface area contributed by atoms with Crippen LogP contribution in [-0.4, -0.2) is 17.1 Å². The van der Waals surface area contributed by atoms with E-state index < -0.39 is 0 Å². The zero-order valence-electron chi connectivity index (χ0n) is 12.6. The summed E-state index contributed by atoms with van der Waals surface area (Å²) >= 11 is 6.03. The van der Waals surface area contributed by atoms with Crippen molar-refractivity contribution in [3.8, 4) is 11.1 Å². The highest BCUT2D eigenvalue weighted by atomic mass is 35.5. The van der Waals surface area contributed by atoms with E-state index in [2.05, 4.69) is 10.3 Å². The van der Waals surface area contributed by atoms with Crippen molar-refractivity contribution in [2.75, 3.05) is 11.1 Å². The lowest BCUT2D eigenvalue weighted by molar-refractivity contribution is 0.102. The van der Waals surface area contributed by atoms with Crippen molar-refractivity contribution in [1.82, 2.24) is 4.98 Å². The van der Waals surface area contributed by atoms with Gasteiger partial charge in [0.1, 0.15) is 0 Å². The first-order valence-electron chi connectivity index (χ1n) is 7.22. The Morgan fingerprint density at radius 1 is 1.21 bits per heavy atom. The number of rotatable bonds is 4. The first-order chi connectivity index (χ1) is 11.6. The van der Waals surface area contributed by atoms with E-state index in [1.54, 1.807) is 42.7 Å². The van der Waals surface area contributed by atoms with Crippen molar-refractivity contribution in [3.05, 3.63) is 71.0 Å². The van der Waals surface area contributed by atoms with Gasteiger partial charge in [-0.25, -0.2) is 0 Å². The van der Waals surface area contributed by atoms with Gasteiger partial charge in [-0.2, -0.15) is 0 Å². The predicted molar refractivity (Wildman–Crippen MR) is 97.9 cm³/mol. The van der Waals surface area contributed by atoms with Crippen LogP contribution in [0.2, 0.25) is 5.02 Å². The number of halogens is 1. The molecule has 0 bridgehead atoms. The fourth-order valence-corrected chi connectivity index (χ4v) is 2.61. The fraction of sp³-hybridized carbons (Fsp3) is 0. The minimum absolute atomic E-state index is 0.257. The summed E-state index contributed by atoms with van der Waals surface area (Å²) in [5.74, 6) is -0.257. The molecule has 3 aromatic rings. The largest absolute Gasteiger partial charge is 0.398 e. The number of aromatic amines is 1. The lowest BCUT2D eigenvalue weighted by Gasteiger charge is -2.08. The maximum atomic E-state index is 12.6. The van der Waals surface area contributed by atoms with Crippen LogP contribution in [-0.2, 0) is 0 Å². The van der Waals surface area contributed by atoms with Gasteiger partial charge in [-0.1, -0.05) is 23.7 Å². The van der Waals surface area contributed by atoms with Crippen LogP contribution >= 0.6 is 11.6 Å². The number of anilines is 2. The van der Waals surface area contributed by atoms with Gasteiger partial charge >= 0.3 is 0 Å². The number of nitrogen functional groups attached to an aromatic ring is 1. The van der Waals surface area contributed by atoms with E-state index in [4.69, 9.17) is 22.7 Å². The Bertz CT molecular complexity index is 917. The van der Waals surface area contributed by atoms with Gasteiger partial charge in [0.25, 0.3) is 5.91 Å². The lowest BCUT2D eigenvalue weighted by atomic mass is 10.0. The van der Waals surface area contributed by atoms with E-state index in [0.29, 0.717) is 27.5 Å². The number of nitrogens with two attached hydrogens (primary N) is 1. The third kappa shape index (κ3) is 3.16. The van der Waals surface area contributed by atoms with Gasteiger partial charge in [-0.3, -0.25) is 4.79 Å². The molecule has 0 saturated carbocycles. The third-order valence-electron chi connectivity index (χ3n) is 3.63. The number of hydrogen-bond donors (Lipinski definition) is 4. The van der Waals surface area contributed by atoms with Gasteiger partial charge in [0.2, 0.25) is 0 Å². The van der Waals surface area contributed by atoms with E-state index in [9.17, 15) is 4.79 Å². The molecule has 0 fully saturated rings. The van der Waals surface area contributed by atoms with Crippen LogP contribution in [0.5, 0.6) is 0 Å². The molecule has 0 aliphatic heterocycles. The molecule has 0 radical (unpaired) electrons. The number of benzene rings is 2.